The number of likely N-dealkylation sites (tertiary alicyclic amines) is 1. The van der Waals surface area contributed by atoms with Crippen LogP contribution in [0.3, 0.4) is 0 Å². The van der Waals surface area contributed by atoms with E-state index in [9.17, 15) is 20.3 Å². The van der Waals surface area contributed by atoms with Crippen molar-refractivity contribution in [1.29, 1.82) is 5.26 Å². The second-order valence-corrected chi connectivity index (χ2v) is 8.92. The van der Waals surface area contributed by atoms with Gasteiger partial charge in [0.25, 0.3) is 5.91 Å². The molecule has 1 saturated heterocycles. The molecule has 1 spiro atoms. The Bertz CT molecular complexity index is 1260. The van der Waals surface area contributed by atoms with Gasteiger partial charge in [-0.15, -0.1) is 0 Å². The zero-order chi connectivity index (χ0) is 23.2. The Morgan fingerprint density at radius 1 is 1.15 bits per heavy atom. The molecule has 172 valence electrons. The van der Waals surface area contributed by atoms with E-state index in [-0.39, 0.29) is 8.76 Å². The summed E-state index contributed by atoms with van der Waals surface area (Å²) in [6.45, 7) is 2.17. The Labute approximate surface area is 195 Å². The monoisotopic (exact) mass is 447 g/mol. The first-order valence-corrected chi connectivity index (χ1v) is 11.0. The van der Waals surface area contributed by atoms with E-state index in [1.807, 2.05) is 45.9 Å². The zero-order valence-corrected chi connectivity index (χ0v) is 18.4. The van der Waals surface area contributed by atoms with Gasteiger partial charge < -0.3 is 19.8 Å². The Morgan fingerprint density at radius 3 is 2.52 bits per heavy atom. The molecular formula is C26H29N3O4. The van der Waals surface area contributed by atoms with Crippen LogP contribution in [0.4, 0.5) is 0 Å². The number of ether oxygens (including phenoxy) is 1. The summed E-state index contributed by atoms with van der Waals surface area (Å²) in [6.07, 6.45) is 1.22. The number of nitriles is 1. The molecule has 1 aromatic heterocycles. The van der Waals surface area contributed by atoms with Gasteiger partial charge in [-0.2, -0.15) is 5.26 Å². The van der Waals surface area contributed by atoms with E-state index in [2.05, 4.69) is 6.07 Å². The van der Waals surface area contributed by atoms with E-state index in [0.29, 0.717) is 42.8 Å². The van der Waals surface area contributed by atoms with Gasteiger partial charge in [0.05, 0.1) is 18.0 Å². The Morgan fingerprint density at radius 2 is 1.85 bits per heavy atom. The van der Waals surface area contributed by atoms with Crippen LogP contribution in [0.15, 0.2) is 60.7 Å². The molecule has 0 bridgehead atoms. The van der Waals surface area contributed by atoms with E-state index in [4.69, 9.17) is 4.74 Å². The fraction of sp³-hybridized carbons (Fsp3) is 0.308. The van der Waals surface area contributed by atoms with Gasteiger partial charge >= 0.3 is 0 Å². The minimum Gasteiger partial charge on any atom is -0.479 e. The van der Waals surface area contributed by atoms with E-state index < -0.39 is 17.8 Å². The molecule has 7 heteroatoms. The fourth-order valence-electron chi connectivity index (χ4n) is 4.81. The quantitative estimate of drug-likeness (QED) is 0.640. The third-order valence-corrected chi connectivity index (χ3v) is 6.79. The van der Waals surface area contributed by atoms with Crippen LogP contribution >= 0.6 is 0 Å². The molecule has 1 atom stereocenters. The Balaban J connectivity index is 0.00000171. The lowest BCUT2D eigenvalue weighted by atomic mass is 9.86. The highest BCUT2D eigenvalue weighted by Gasteiger charge is 2.45. The lowest BCUT2D eigenvalue weighted by Gasteiger charge is -2.45. The van der Waals surface area contributed by atoms with Crippen molar-refractivity contribution >= 4 is 5.91 Å². The smallest absolute Gasteiger partial charge is 0.253 e. The van der Waals surface area contributed by atoms with E-state index in [1.165, 1.54) is 6.92 Å². The van der Waals surface area contributed by atoms with Crippen molar-refractivity contribution in [2.24, 2.45) is 0 Å². The number of hydrogen-bond acceptors (Lipinski definition) is 5. The third-order valence-electron chi connectivity index (χ3n) is 6.79. The fourth-order valence-corrected chi connectivity index (χ4v) is 4.81. The molecule has 0 aliphatic carbocycles. The topological polar surface area (TPSA) is 98.7 Å². The summed E-state index contributed by atoms with van der Waals surface area (Å²) in [5, 5.41) is 29.2. The van der Waals surface area contributed by atoms with E-state index >= 15 is 0 Å². The van der Waals surface area contributed by atoms with Crippen molar-refractivity contribution in [3.63, 3.8) is 0 Å². The maximum Gasteiger partial charge on any atom is 0.253 e. The minimum atomic E-state index is -1.34. The molecule has 0 radical (unpaired) electrons. The second kappa shape index (κ2) is 7.77. The van der Waals surface area contributed by atoms with Crippen molar-refractivity contribution in [3.8, 4) is 17.5 Å². The van der Waals surface area contributed by atoms with Crippen molar-refractivity contribution < 1.29 is 22.6 Å². The normalized spacial score (nSPS) is 17.9. The summed E-state index contributed by atoms with van der Waals surface area (Å²) >= 11 is 0. The first kappa shape index (κ1) is 21.3. The average molecular weight is 448 g/mol. The first-order valence-electron chi connectivity index (χ1n) is 11.0. The maximum atomic E-state index is 13.1. The molecule has 2 N–H and O–H groups in total. The zero-order valence-electron chi connectivity index (χ0n) is 18.4. The number of aromatic nitrogens is 1. The summed E-state index contributed by atoms with van der Waals surface area (Å²) in [5.74, 6) is 0.661. The Hall–Kier alpha value is -3.60. The first-order chi connectivity index (χ1) is 15.9. The lowest BCUT2D eigenvalue weighted by Crippen LogP contribution is -2.50. The van der Waals surface area contributed by atoms with Crippen LogP contribution in [0.5, 0.6) is 5.75 Å². The molecular weight excluding hydrogens is 418 g/mol. The lowest BCUT2D eigenvalue weighted by molar-refractivity contribution is -0.00946. The van der Waals surface area contributed by atoms with Crippen molar-refractivity contribution in [1.82, 2.24) is 9.47 Å². The third kappa shape index (κ3) is 3.39. The number of amides is 1. The van der Waals surface area contributed by atoms with Crippen LogP contribution in [0, 0.1) is 11.3 Å². The predicted molar refractivity (Wildman–Crippen MR) is 125 cm³/mol. The van der Waals surface area contributed by atoms with E-state index in [1.54, 1.807) is 24.3 Å². The Kier molecular flexibility index (Phi) is 5.00. The molecule has 3 heterocycles. The molecule has 2 aliphatic heterocycles. The number of fused-ring (bicyclic) bond motifs is 4. The van der Waals surface area contributed by atoms with Crippen molar-refractivity contribution in [3.05, 3.63) is 83.2 Å². The molecule has 1 amide bonds. The molecule has 5 rings (SSSR count). The number of rotatable bonds is 3. The standard InChI is InChI=1S/C26H25N3O4.2H2/c1-25(32,17-30)19-8-6-18(7-9-19)24(31)28-14-12-26(13-15-28)23-11-10-20(16-27)29(23)21-4-2-3-5-22(21)33-26;;/h2-11,30,32H,12-15,17H2,1H3;2*1H/t25-;;/m1../s1. The van der Waals surface area contributed by atoms with Crippen LogP contribution in [-0.4, -0.2) is 45.3 Å². The number of nitrogens with zero attached hydrogens (tertiary/aromatic N) is 3. The number of para-hydroxylation sites is 2. The number of carbonyl (C=O) groups is 1. The predicted octanol–water partition coefficient (Wildman–Crippen LogP) is 3.56. The molecule has 3 aromatic rings. The van der Waals surface area contributed by atoms with Gasteiger partial charge in [0.2, 0.25) is 0 Å². The number of piperidine rings is 1. The van der Waals surface area contributed by atoms with Gasteiger partial charge in [-0.05, 0) is 48.9 Å². The second-order valence-electron chi connectivity index (χ2n) is 8.92. The number of carbonyl (C=O) groups excluding carboxylic acids is 1. The van der Waals surface area contributed by atoms with Crippen LogP contribution in [-0.2, 0) is 11.2 Å². The highest BCUT2D eigenvalue weighted by molar-refractivity contribution is 5.94. The summed E-state index contributed by atoms with van der Waals surface area (Å²) in [7, 11) is 0. The molecule has 2 aliphatic rings. The molecule has 0 unspecified atom stereocenters. The molecule has 7 nitrogen and oxygen atoms in total. The van der Waals surface area contributed by atoms with Crippen LogP contribution in [0.25, 0.3) is 5.69 Å². The number of aliphatic hydroxyl groups excluding tert-OH is 1. The molecule has 33 heavy (non-hydrogen) atoms. The molecule has 1 fully saturated rings. The average Bonchev–Trinajstić information content (AvgIpc) is 3.30. The number of benzene rings is 2. The summed E-state index contributed by atoms with van der Waals surface area (Å²) in [4.78, 5) is 14.9. The van der Waals surface area contributed by atoms with Crippen molar-refractivity contribution in [2.45, 2.75) is 31.0 Å². The van der Waals surface area contributed by atoms with Crippen LogP contribution in [0.1, 0.15) is 49.9 Å². The van der Waals surface area contributed by atoms with E-state index in [0.717, 1.165) is 17.1 Å². The summed E-state index contributed by atoms with van der Waals surface area (Å²) < 4.78 is 8.50. The highest BCUT2D eigenvalue weighted by Crippen LogP contribution is 2.45. The summed E-state index contributed by atoms with van der Waals surface area (Å²) in [5.41, 5.74) is 1.53. The van der Waals surface area contributed by atoms with Gasteiger partial charge in [-0.25, -0.2) is 0 Å². The number of hydrogen-bond donors (Lipinski definition) is 2. The van der Waals surface area contributed by atoms with Crippen LogP contribution in [0.2, 0.25) is 0 Å². The minimum absolute atomic E-state index is 0. The van der Waals surface area contributed by atoms with Gasteiger partial charge in [0.15, 0.2) is 5.60 Å². The van der Waals surface area contributed by atoms with Crippen LogP contribution < -0.4 is 4.74 Å². The van der Waals surface area contributed by atoms with Gasteiger partial charge in [0, 0.05) is 34.3 Å². The maximum absolute atomic E-state index is 13.1. The van der Waals surface area contributed by atoms with Gasteiger partial charge in [0.1, 0.15) is 23.1 Å². The van der Waals surface area contributed by atoms with Gasteiger partial charge in [-0.3, -0.25) is 9.36 Å². The van der Waals surface area contributed by atoms with Gasteiger partial charge in [-0.1, -0.05) is 24.3 Å². The highest BCUT2D eigenvalue weighted by atomic mass is 16.5. The summed E-state index contributed by atoms with van der Waals surface area (Å²) in [6, 6.07) is 20.5. The SMILES string of the molecule is C[C@@](O)(CO)c1ccc(C(=O)N2CCC3(CC2)Oc2ccccc2-n2c(C#N)ccc23)cc1.[HH].[HH]. The molecule has 2 aromatic carbocycles. The molecule has 0 saturated carbocycles. The van der Waals surface area contributed by atoms with Crippen molar-refractivity contribution in [2.75, 3.05) is 19.7 Å². The number of aliphatic hydroxyl groups is 2. The largest absolute Gasteiger partial charge is 0.479 e.